The average Bonchev–Trinajstić information content (AvgIpc) is 2.80. The molecule has 2 aromatic rings. The maximum absolute atomic E-state index is 13.6. The molecule has 1 aliphatic heterocycles. The Morgan fingerprint density at radius 3 is 2.56 bits per heavy atom. The van der Waals surface area contributed by atoms with Crippen LogP contribution in [0.3, 0.4) is 0 Å². The number of hydrogen-bond acceptors (Lipinski definition) is 5. The first-order valence-electron chi connectivity index (χ1n) is 11.4. The summed E-state index contributed by atoms with van der Waals surface area (Å²) in [7, 11) is 0. The van der Waals surface area contributed by atoms with Crippen LogP contribution in [0.5, 0.6) is 5.75 Å². The van der Waals surface area contributed by atoms with Crippen LogP contribution >= 0.6 is 0 Å². The molecule has 1 heterocycles. The standard InChI is InChI=1S/C26H33NO5/c1-4-6-14-32-23-11-10-21(18-22(23)24(28)31-5-2)27-25(29)26(12-15-30-16-13-26)20-9-7-8-19(3)17-20/h7-11,17-18H,4-6,12-16H2,1-3H3,(H,27,29). The van der Waals surface area contributed by atoms with Crippen LogP contribution in [0.4, 0.5) is 5.69 Å². The SMILES string of the molecule is CCCCOc1ccc(NC(=O)C2(c3cccc(C)c3)CCOCC2)cc1C(=O)OCC. The summed E-state index contributed by atoms with van der Waals surface area (Å²) in [5.41, 5.74) is 2.28. The van der Waals surface area contributed by atoms with Crippen molar-refractivity contribution in [2.45, 2.75) is 51.9 Å². The lowest BCUT2D eigenvalue weighted by molar-refractivity contribution is -0.125. The Bertz CT molecular complexity index is 934. The zero-order valence-corrected chi connectivity index (χ0v) is 19.2. The highest BCUT2D eigenvalue weighted by Crippen LogP contribution is 2.37. The molecule has 3 rings (SSSR count). The van der Waals surface area contributed by atoms with E-state index in [-0.39, 0.29) is 12.5 Å². The summed E-state index contributed by atoms with van der Waals surface area (Å²) in [6.07, 6.45) is 3.09. The van der Waals surface area contributed by atoms with Gasteiger partial charge in [0.05, 0.1) is 18.6 Å². The van der Waals surface area contributed by atoms with Crippen LogP contribution < -0.4 is 10.1 Å². The molecule has 1 amide bonds. The number of benzene rings is 2. The van der Waals surface area contributed by atoms with Crippen LogP contribution in [0.15, 0.2) is 42.5 Å². The molecule has 1 saturated heterocycles. The fourth-order valence-corrected chi connectivity index (χ4v) is 3.99. The molecular weight excluding hydrogens is 406 g/mol. The molecule has 0 bridgehead atoms. The zero-order valence-electron chi connectivity index (χ0n) is 19.2. The fourth-order valence-electron chi connectivity index (χ4n) is 3.99. The van der Waals surface area contributed by atoms with E-state index in [1.54, 1.807) is 25.1 Å². The minimum Gasteiger partial charge on any atom is -0.493 e. The van der Waals surface area contributed by atoms with Crippen molar-refractivity contribution in [1.82, 2.24) is 0 Å². The van der Waals surface area contributed by atoms with Gasteiger partial charge in [-0.2, -0.15) is 0 Å². The van der Waals surface area contributed by atoms with Gasteiger partial charge in [-0.3, -0.25) is 4.79 Å². The molecule has 1 aliphatic rings. The van der Waals surface area contributed by atoms with Crippen LogP contribution in [0.25, 0.3) is 0 Å². The van der Waals surface area contributed by atoms with E-state index in [2.05, 4.69) is 18.3 Å². The summed E-state index contributed by atoms with van der Waals surface area (Å²) in [5.74, 6) is -0.0928. The molecule has 172 valence electrons. The molecule has 1 fully saturated rings. The summed E-state index contributed by atoms with van der Waals surface area (Å²) < 4.78 is 16.6. The Morgan fingerprint density at radius 1 is 1.09 bits per heavy atom. The lowest BCUT2D eigenvalue weighted by Crippen LogP contribution is -2.44. The lowest BCUT2D eigenvalue weighted by Gasteiger charge is -2.36. The Hall–Kier alpha value is -2.86. The number of rotatable bonds is 9. The Kier molecular flexibility index (Phi) is 8.28. The van der Waals surface area contributed by atoms with Gasteiger partial charge in [0.1, 0.15) is 11.3 Å². The first kappa shape index (κ1) is 23.8. The van der Waals surface area contributed by atoms with Crippen LogP contribution in [0, 0.1) is 6.92 Å². The molecule has 0 radical (unpaired) electrons. The fraction of sp³-hybridized carbons (Fsp3) is 0.462. The monoisotopic (exact) mass is 439 g/mol. The molecular formula is C26H33NO5. The van der Waals surface area contributed by atoms with Crippen LogP contribution in [0.2, 0.25) is 0 Å². The maximum atomic E-state index is 13.6. The van der Waals surface area contributed by atoms with E-state index in [4.69, 9.17) is 14.2 Å². The van der Waals surface area contributed by atoms with Gasteiger partial charge in [0.15, 0.2) is 0 Å². The van der Waals surface area contributed by atoms with Crippen molar-refractivity contribution < 1.29 is 23.8 Å². The number of carbonyl (C=O) groups excluding carboxylic acids is 2. The quantitative estimate of drug-likeness (QED) is 0.438. The summed E-state index contributed by atoms with van der Waals surface area (Å²) in [5, 5.41) is 3.04. The second-order valence-corrected chi connectivity index (χ2v) is 8.15. The summed E-state index contributed by atoms with van der Waals surface area (Å²) >= 11 is 0. The number of hydrogen-bond donors (Lipinski definition) is 1. The third-order valence-corrected chi connectivity index (χ3v) is 5.84. The van der Waals surface area contributed by atoms with Gasteiger partial charge in [0.2, 0.25) is 5.91 Å². The molecule has 0 spiro atoms. The highest BCUT2D eigenvalue weighted by atomic mass is 16.5. The number of amides is 1. The Balaban J connectivity index is 1.89. The number of carbonyl (C=O) groups is 2. The smallest absolute Gasteiger partial charge is 0.341 e. The maximum Gasteiger partial charge on any atom is 0.341 e. The van der Waals surface area contributed by atoms with E-state index in [1.165, 1.54) is 0 Å². The number of aryl methyl sites for hydroxylation is 1. The third-order valence-electron chi connectivity index (χ3n) is 5.84. The lowest BCUT2D eigenvalue weighted by atomic mass is 9.73. The predicted octanol–water partition coefficient (Wildman–Crippen LogP) is 5.04. The second kappa shape index (κ2) is 11.1. The predicted molar refractivity (Wildman–Crippen MR) is 124 cm³/mol. The third kappa shape index (κ3) is 5.49. The van der Waals surface area contributed by atoms with Crippen molar-refractivity contribution in [3.8, 4) is 5.75 Å². The van der Waals surface area contributed by atoms with Crippen LogP contribution in [-0.2, 0) is 19.7 Å². The van der Waals surface area contributed by atoms with E-state index < -0.39 is 11.4 Å². The molecule has 32 heavy (non-hydrogen) atoms. The van der Waals surface area contributed by atoms with E-state index >= 15 is 0 Å². The molecule has 0 aliphatic carbocycles. The van der Waals surface area contributed by atoms with Crippen molar-refractivity contribution in [1.29, 1.82) is 0 Å². The van der Waals surface area contributed by atoms with Gasteiger partial charge < -0.3 is 19.5 Å². The van der Waals surface area contributed by atoms with Crippen LogP contribution in [-0.4, -0.2) is 38.3 Å². The van der Waals surface area contributed by atoms with Crippen LogP contribution in [0.1, 0.15) is 61.0 Å². The zero-order chi connectivity index (χ0) is 23.0. The highest BCUT2D eigenvalue weighted by Gasteiger charge is 2.41. The van der Waals surface area contributed by atoms with Crippen molar-refractivity contribution in [3.05, 3.63) is 59.2 Å². The van der Waals surface area contributed by atoms with Crippen molar-refractivity contribution in [3.63, 3.8) is 0 Å². The molecule has 0 unspecified atom stereocenters. The van der Waals surface area contributed by atoms with E-state index in [1.807, 2.05) is 25.1 Å². The first-order chi connectivity index (χ1) is 15.5. The largest absolute Gasteiger partial charge is 0.493 e. The number of anilines is 1. The van der Waals surface area contributed by atoms with Gasteiger partial charge in [-0.1, -0.05) is 43.2 Å². The van der Waals surface area contributed by atoms with Gasteiger partial charge in [0, 0.05) is 18.9 Å². The van der Waals surface area contributed by atoms with Crippen molar-refractivity contribution in [2.75, 3.05) is 31.7 Å². The van der Waals surface area contributed by atoms with Gasteiger partial charge in [-0.15, -0.1) is 0 Å². The molecule has 0 saturated carbocycles. The summed E-state index contributed by atoms with van der Waals surface area (Å²) in [4.78, 5) is 26.1. The minimum absolute atomic E-state index is 0.0964. The molecule has 0 atom stereocenters. The van der Waals surface area contributed by atoms with E-state index in [9.17, 15) is 9.59 Å². The Morgan fingerprint density at radius 2 is 1.88 bits per heavy atom. The number of esters is 1. The molecule has 1 N–H and O–H groups in total. The van der Waals surface area contributed by atoms with E-state index in [0.717, 1.165) is 24.0 Å². The molecule has 6 nitrogen and oxygen atoms in total. The van der Waals surface area contributed by atoms with Gasteiger partial charge in [-0.25, -0.2) is 4.79 Å². The number of nitrogens with one attached hydrogen (secondary N) is 1. The van der Waals surface area contributed by atoms with Gasteiger partial charge >= 0.3 is 5.97 Å². The molecule has 6 heteroatoms. The number of ether oxygens (including phenoxy) is 3. The minimum atomic E-state index is -0.676. The van der Waals surface area contributed by atoms with Gasteiger partial charge in [0.25, 0.3) is 0 Å². The van der Waals surface area contributed by atoms with E-state index in [0.29, 0.717) is 49.7 Å². The average molecular weight is 440 g/mol. The second-order valence-electron chi connectivity index (χ2n) is 8.15. The van der Waals surface area contributed by atoms with Crippen molar-refractivity contribution in [2.24, 2.45) is 0 Å². The number of unbranched alkanes of at least 4 members (excludes halogenated alkanes) is 1. The molecule has 2 aromatic carbocycles. The first-order valence-corrected chi connectivity index (χ1v) is 11.4. The Labute approximate surface area is 190 Å². The normalized spacial score (nSPS) is 15.1. The highest BCUT2D eigenvalue weighted by molar-refractivity contribution is 6.01. The topological polar surface area (TPSA) is 73.9 Å². The summed E-state index contributed by atoms with van der Waals surface area (Å²) in [6, 6.07) is 13.2. The van der Waals surface area contributed by atoms with Crippen molar-refractivity contribution >= 4 is 17.6 Å². The van der Waals surface area contributed by atoms with Gasteiger partial charge in [-0.05, 0) is 56.9 Å². The molecule has 0 aromatic heterocycles. The summed E-state index contributed by atoms with van der Waals surface area (Å²) in [6.45, 7) is 7.70.